The maximum Gasteiger partial charge on any atom is 0.410 e. The average molecular weight is 314 g/mol. The number of rotatable bonds is 1. The molecule has 0 saturated carbocycles. The van der Waals surface area contributed by atoms with Crippen LogP contribution in [0.2, 0.25) is 0 Å². The smallest absolute Gasteiger partial charge is 0.410 e. The fourth-order valence-corrected chi connectivity index (χ4v) is 2.78. The zero-order valence-corrected chi connectivity index (χ0v) is 13.7. The van der Waals surface area contributed by atoms with E-state index in [2.05, 4.69) is 11.1 Å². The Morgan fingerprint density at radius 1 is 1.35 bits per heavy atom. The summed E-state index contributed by atoms with van der Waals surface area (Å²) in [4.78, 5) is 17.0. The molecule has 0 unspecified atom stereocenters. The Balaban J connectivity index is 1.78. The van der Waals surface area contributed by atoms with E-state index in [1.165, 1.54) is 5.57 Å². The number of hydrogen-bond acceptors (Lipinski definition) is 3. The van der Waals surface area contributed by atoms with E-state index in [1.54, 1.807) is 17.0 Å². The van der Waals surface area contributed by atoms with E-state index < -0.39 is 5.60 Å². The third kappa shape index (κ3) is 3.33. The van der Waals surface area contributed by atoms with Crippen LogP contribution in [0.5, 0.6) is 5.75 Å². The first kappa shape index (κ1) is 15.5. The number of nitrogens with one attached hydrogen (secondary N) is 1. The van der Waals surface area contributed by atoms with E-state index in [-0.39, 0.29) is 11.8 Å². The highest BCUT2D eigenvalue weighted by molar-refractivity contribution is 5.93. The summed E-state index contributed by atoms with van der Waals surface area (Å²) in [7, 11) is 0. The number of H-pyrrole nitrogens is 1. The van der Waals surface area contributed by atoms with Crippen LogP contribution in [0.25, 0.3) is 16.5 Å². The minimum Gasteiger partial charge on any atom is -0.508 e. The minimum atomic E-state index is -0.477. The number of carbonyl (C=O) groups is 1. The van der Waals surface area contributed by atoms with Gasteiger partial charge in [0.1, 0.15) is 11.4 Å². The predicted octanol–water partition coefficient (Wildman–Crippen LogP) is 3.90. The van der Waals surface area contributed by atoms with Gasteiger partial charge in [-0.1, -0.05) is 6.08 Å². The summed E-state index contributed by atoms with van der Waals surface area (Å²) in [5.41, 5.74) is 2.78. The van der Waals surface area contributed by atoms with E-state index in [4.69, 9.17) is 4.74 Å². The second-order valence-electron chi connectivity index (χ2n) is 6.84. The summed E-state index contributed by atoms with van der Waals surface area (Å²) in [6, 6.07) is 5.30. The molecule has 1 amide bonds. The Labute approximate surface area is 135 Å². The molecular formula is C18H22N2O3. The molecule has 2 heterocycles. The fourth-order valence-electron chi connectivity index (χ4n) is 2.78. The van der Waals surface area contributed by atoms with E-state index in [1.807, 2.05) is 33.0 Å². The highest BCUT2D eigenvalue weighted by Gasteiger charge is 2.24. The Kier molecular flexibility index (Phi) is 3.80. The number of ether oxygens (including phenoxy) is 1. The van der Waals surface area contributed by atoms with E-state index in [0.29, 0.717) is 13.1 Å². The van der Waals surface area contributed by atoms with Gasteiger partial charge in [0.05, 0.1) is 0 Å². The van der Waals surface area contributed by atoms with Gasteiger partial charge >= 0.3 is 6.09 Å². The number of hydrogen-bond donors (Lipinski definition) is 2. The minimum absolute atomic E-state index is 0.255. The number of phenols is 1. The second kappa shape index (κ2) is 5.65. The number of amides is 1. The van der Waals surface area contributed by atoms with Gasteiger partial charge in [-0.3, -0.25) is 0 Å². The van der Waals surface area contributed by atoms with Gasteiger partial charge in [-0.2, -0.15) is 0 Å². The Morgan fingerprint density at radius 2 is 2.13 bits per heavy atom. The molecule has 0 spiro atoms. The second-order valence-corrected chi connectivity index (χ2v) is 6.84. The van der Waals surface area contributed by atoms with Crippen LogP contribution in [0.15, 0.2) is 30.5 Å². The molecular weight excluding hydrogens is 292 g/mol. The molecule has 1 aliphatic rings. The number of aromatic nitrogens is 1. The number of fused-ring (bicyclic) bond motifs is 1. The lowest BCUT2D eigenvalue weighted by atomic mass is 9.99. The maximum atomic E-state index is 12.1. The van der Waals surface area contributed by atoms with Crippen LogP contribution in [0.4, 0.5) is 4.79 Å². The molecule has 0 bridgehead atoms. The van der Waals surface area contributed by atoms with Crippen molar-refractivity contribution in [2.75, 3.05) is 13.1 Å². The molecule has 0 radical (unpaired) electrons. The van der Waals surface area contributed by atoms with Gasteiger partial charge in [-0.05, 0) is 51.0 Å². The van der Waals surface area contributed by atoms with Gasteiger partial charge in [-0.25, -0.2) is 4.79 Å². The maximum absolute atomic E-state index is 12.1. The van der Waals surface area contributed by atoms with Crippen LogP contribution in [-0.4, -0.2) is 39.8 Å². The first-order valence-electron chi connectivity index (χ1n) is 7.81. The Hall–Kier alpha value is -2.43. The molecule has 5 heteroatoms. The largest absolute Gasteiger partial charge is 0.508 e. The van der Waals surface area contributed by atoms with Crippen molar-refractivity contribution in [2.45, 2.75) is 32.8 Å². The van der Waals surface area contributed by atoms with Crippen LogP contribution in [0.1, 0.15) is 32.8 Å². The number of benzene rings is 1. The number of aromatic amines is 1. The SMILES string of the molecule is CC(C)(C)OC(=O)N1CC=C(c2c[nH]c3ccc(O)cc23)CC1. The standard InChI is InChI=1S/C18H22N2O3/c1-18(2,3)23-17(22)20-8-6-12(7-9-20)15-11-19-16-5-4-13(21)10-14(15)16/h4-6,10-11,19,21H,7-9H2,1-3H3. The van der Waals surface area contributed by atoms with Gasteiger partial charge in [0, 0.05) is 35.8 Å². The summed E-state index contributed by atoms with van der Waals surface area (Å²) in [5.74, 6) is 0.255. The van der Waals surface area contributed by atoms with Crippen molar-refractivity contribution in [1.82, 2.24) is 9.88 Å². The van der Waals surface area contributed by atoms with Gasteiger partial charge < -0.3 is 19.7 Å². The first-order chi connectivity index (χ1) is 10.8. The molecule has 1 aromatic heterocycles. The van der Waals surface area contributed by atoms with Crippen LogP contribution in [0, 0.1) is 0 Å². The molecule has 0 atom stereocenters. The van der Waals surface area contributed by atoms with E-state index in [0.717, 1.165) is 22.9 Å². The van der Waals surface area contributed by atoms with Crippen molar-refractivity contribution in [2.24, 2.45) is 0 Å². The lowest BCUT2D eigenvalue weighted by molar-refractivity contribution is 0.0270. The highest BCUT2D eigenvalue weighted by atomic mass is 16.6. The number of nitrogens with zero attached hydrogens (tertiary/aromatic N) is 1. The molecule has 0 aliphatic carbocycles. The summed E-state index contributed by atoms with van der Waals surface area (Å²) in [6.45, 7) is 6.78. The zero-order valence-electron chi connectivity index (χ0n) is 13.7. The molecule has 1 aliphatic heterocycles. The van der Waals surface area contributed by atoms with Crippen LogP contribution < -0.4 is 0 Å². The number of carbonyl (C=O) groups excluding carboxylic acids is 1. The molecule has 2 aromatic rings. The lowest BCUT2D eigenvalue weighted by Crippen LogP contribution is -2.39. The average Bonchev–Trinajstić information content (AvgIpc) is 2.88. The molecule has 3 rings (SSSR count). The number of phenolic OH excluding ortho intramolecular Hbond substituents is 1. The molecule has 23 heavy (non-hydrogen) atoms. The van der Waals surface area contributed by atoms with Crippen LogP contribution >= 0.6 is 0 Å². The molecule has 1 aromatic carbocycles. The van der Waals surface area contributed by atoms with Crippen molar-refractivity contribution in [3.05, 3.63) is 36.0 Å². The van der Waals surface area contributed by atoms with Crippen molar-refractivity contribution >= 4 is 22.6 Å². The van der Waals surface area contributed by atoms with Gasteiger partial charge in [0.25, 0.3) is 0 Å². The third-order valence-electron chi connectivity index (χ3n) is 3.87. The quantitative estimate of drug-likeness (QED) is 0.839. The van der Waals surface area contributed by atoms with Crippen LogP contribution in [0.3, 0.4) is 0 Å². The monoisotopic (exact) mass is 314 g/mol. The van der Waals surface area contributed by atoms with Crippen molar-refractivity contribution in [3.8, 4) is 5.75 Å². The Morgan fingerprint density at radius 3 is 2.78 bits per heavy atom. The topological polar surface area (TPSA) is 65.6 Å². The van der Waals surface area contributed by atoms with Gasteiger partial charge in [0.15, 0.2) is 0 Å². The predicted molar refractivity (Wildman–Crippen MR) is 90.4 cm³/mol. The molecule has 2 N–H and O–H groups in total. The lowest BCUT2D eigenvalue weighted by Gasteiger charge is -2.29. The van der Waals surface area contributed by atoms with Crippen molar-refractivity contribution in [3.63, 3.8) is 0 Å². The summed E-state index contributed by atoms with van der Waals surface area (Å²) in [5, 5.41) is 10.7. The molecule has 0 fully saturated rings. The normalized spacial score (nSPS) is 15.6. The summed E-state index contributed by atoms with van der Waals surface area (Å²) >= 11 is 0. The van der Waals surface area contributed by atoms with Gasteiger partial charge in [0.2, 0.25) is 0 Å². The van der Waals surface area contributed by atoms with E-state index >= 15 is 0 Å². The van der Waals surface area contributed by atoms with E-state index in [9.17, 15) is 9.90 Å². The third-order valence-corrected chi connectivity index (χ3v) is 3.87. The van der Waals surface area contributed by atoms with Crippen molar-refractivity contribution in [1.29, 1.82) is 0 Å². The summed E-state index contributed by atoms with van der Waals surface area (Å²) < 4.78 is 5.41. The summed E-state index contributed by atoms with van der Waals surface area (Å²) in [6.07, 6.45) is 4.51. The van der Waals surface area contributed by atoms with Gasteiger partial charge in [-0.15, -0.1) is 0 Å². The van der Waals surface area contributed by atoms with Crippen molar-refractivity contribution < 1.29 is 14.6 Å². The molecule has 0 saturated heterocycles. The Bertz CT molecular complexity index is 768. The first-order valence-corrected chi connectivity index (χ1v) is 7.81. The zero-order chi connectivity index (χ0) is 16.6. The fraction of sp³-hybridized carbons (Fsp3) is 0.389. The highest BCUT2D eigenvalue weighted by Crippen LogP contribution is 2.31. The van der Waals surface area contributed by atoms with Crippen LogP contribution in [-0.2, 0) is 4.74 Å². The molecule has 5 nitrogen and oxygen atoms in total. The number of aromatic hydroxyl groups is 1. The molecule has 122 valence electrons.